The molecule has 0 fully saturated rings. The average Bonchev–Trinajstić information content (AvgIpc) is 4.10. The van der Waals surface area contributed by atoms with Crippen molar-refractivity contribution < 1.29 is 8.83 Å². The highest BCUT2D eigenvalue weighted by molar-refractivity contribution is 6.17. The van der Waals surface area contributed by atoms with Gasteiger partial charge in [0, 0.05) is 55.1 Å². The summed E-state index contributed by atoms with van der Waals surface area (Å²) in [5.41, 5.74) is 15.6. The van der Waals surface area contributed by atoms with Crippen molar-refractivity contribution >= 4 is 65.7 Å². The van der Waals surface area contributed by atoms with E-state index in [9.17, 15) is 0 Å². The Labute approximate surface area is 396 Å². The van der Waals surface area contributed by atoms with Crippen molar-refractivity contribution in [3.63, 3.8) is 0 Å². The fraction of sp³-hybridized carbons (Fsp3) is 0. The minimum absolute atomic E-state index is 0.556. The smallest absolute Gasteiger partial charge is 0.164 e. The lowest BCUT2D eigenvalue weighted by molar-refractivity contribution is 0.668. The summed E-state index contributed by atoms with van der Waals surface area (Å²) in [5.74, 6) is 1.72. The largest absolute Gasteiger partial charge is 0.456 e. The topological polar surface area (TPSA) is 69.9 Å². The quantitative estimate of drug-likeness (QED) is 0.159. The lowest BCUT2D eigenvalue weighted by atomic mass is 9.96. The predicted molar refractivity (Wildman–Crippen MR) is 281 cm³/mol. The third-order valence-electron chi connectivity index (χ3n) is 13.4. The molecule has 0 aliphatic carbocycles. The van der Waals surface area contributed by atoms with Gasteiger partial charge in [0.25, 0.3) is 0 Å². The number of benzene rings is 10. The zero-order valence-electron chi connectivity index (χ0n) is 37.0. The Bertz CT molecular complexity index is 4160. The first-order valence-corrected chi connectivity index (χ1v) is 23.2. The van der Waals surface area contributed by atoms with Crippen LogP contribution >= 0.6 is 0 Å². The SMILES string of the molecule is c1ccc(-c2cccc(-c3nc(-c4cccc(-c5ccccc5)c4)nc(-c4cccc5oc6ccc(-c7cc(-n8c9ccccc9c9ccccc98)cc8oc9ccccc9c78)cc6c45)n3)c2)cc1. The van der Waals surface area contributed by atoms with Gasteiger partial charge in [0.15, 0.2) is 17.5 Å². The fourth-order valence-electron chi connectivity index (χ4n) is 10.3. The van der Waals surface area contributed by atoms with E-state index in [1.54, 1.807) is 0 Å². The van der Waals surface area contributed by atoms with E-state index >= 15 is 0 Å². The van der Waals surface area contributed by atoms with Crippen LogP contribution in [0.25, 0.3) is 139 Å². The summed E-state index contributed by atoms with van der Waals surface area (Å²) in [7, 11) is 0. The molecule has 0 amide bonds. The van der Waals surface area contributed by atoms with E-state index < -0.39 is 0 Å². The standard InChI is InChI=1S/C63H38N4O2/c1-3-16-39(17-4-1)41-20-13-22-44(34-41)61-64-62(45-23-14-21-42(35-45)40-18-5-2-6-19-40)66-63(65-61)50-27-15-31-57-60(50)52-36-43(32-33-56(52)68-57)51-37-46(38-58-59(51)49-26-9-12-30-55(49)69-58)67-53-28-10-7-24-47(53)48-25-8-11-29-54(48)67/h1-38H. The minimum atomic E-state index is 0.556. The summed E-state index contributed by atoms with van der Waals surface area (Å²) in [6.07, 6.45) is 0. The van der Waals surface area contributed by atoms with Gasteiger partial charge in [0.05, 0.1) is 16.7 Å². The second-order valence-corrected chi connectivity index (χ2v) is 17.5. The van der Waals surface area contributed by atoms with Crippen molar-refractivity contribution in [2.75, 3.05) is 0 Å². The van der Waals surface area contributed by atoms with E-state index in [0.29, 0.717) is 17.5 Å². The summed E-state index contributed by atoms with van der Waals surface area (Å²) in [6, 6.07) is 80.3. The summed E-state index contributed by atoms with van der Waals surface area (Å²) >= 11 is 0. The van der Waals surface area contributed by atoms with Crippen LogP contribution in [-0.4, -0.2) is 19.5 Å². The molecule has 0 aliphatic rings. The van der Waals surface area contributed by atoms with Gasteiger partial charge in [-0.3, -0.25) is 0 Å². The van der Waals surface area contributed by atoms with Crippen molar-refractivity contribution in [3.05, 3.63) is 231 Å². The molecule has 14 rings (SSSR count). The van der Waals surface area contributed by atoms with E-state index in [2.05, 4.69) is 199 Å². The molecule has 0 bridgehead atoms. The summed E-state index contributed by atoms with van der Waals surface area (Å²) < 4.78 is 15.7. The number of hydrogen-bond donors (Lipinski definition) is 0. The van der Waals surface area contributed by atoms with E-state index in [1.807, 2.05) is 36.4 Å². The molecule has 322 valence electrons. The number of rotatable bonds is 7. The molecule has 0 saturated heterocycles. The lowest BCUT2D eigenvalue weighted by Crippen LogP contribution is -2.00. The molecule has 69 heavy (non-hydrogen) atoms. The van der Waals surface area contributed by atoms with Crippen LogP contribution in [0.2, 0.25) is 0 Å². The maximum Gasteiger partial charge on any atom is 0.164 e. The Balaban J connectivity index is 0.989. The zero-order chi connectivity index (χ0) is 45.4. The molecule has 0 unspecified atom stereocenters. The van der Waals surface area contributed by atoms with Crippen LogP contribution in [0.4, 0.5) is 0 Å². The molecule has 4 heterocycles. The van der Waals surface area contributed by atoms with Gasteiger partial charge in [-0.25, -0.2) is 15.0 Å². The number of nitrogens with zero attached hydrogens (tertiary/aromatic N) is 4. The van der Waals surface area contributed by atoms with E-state index in [0.717, 1.165) is 111 Å². The molecule has 0 N–H and O–H groups in total. The molecule has 0 spiro atoms. The average molecular weight is 883 g/mol. The van der Waals surface area contributed by atoms with Crippen molar-refractivity contribution in [1.29, 1.82) is 0 Å². The monoisotopic (exact) mass is 882 g/mol. The van der Waals surface area contributed by atoms with Gasteiger partial charge < -0.3 is 13.4 Å². The van der Waals surface area contributed by atoms with E-state index in [-0.39, 0.29) is 0 Å². The Hall–Kier alpha value is -9.39. The van der Waals surface area contributed by atoms with Gasteiger partial charge in [0.1, 0.15) is 22.3 Å². The molecule has 6 nitrogen and oxygen atoms in total. The van der Waals surface area contributed by atoms with Gasteiger partial charge in [-0.15, -0.1) is 0 Å². The Morgan fingerprint density at radius 1 is 0.275 bits per heavy atom. The van der Waals surface area contributed by atoms with E-state index in [1.165, 1.54) is 10.8 Å². The molecule has 0 aliphatic heterocycles. The van der Waals surface area contributed by atoms with Gasteiger partial charge in [-0.05, 0) is 88.0 Å². The Morgan fingerprint density at radius 3 is 1.43 bits per heavy atom. The number of furan rings is 2. The van der Waals surface area contributed by atoms with Crippen LogP contribution in [0.15, 0.2) is 239 Å². The van der Waals surface area contributed by atoms with Crippen LogP contribution in [0.3, 0.4) is 0 Å². The molecular weight excluding hydrogens is 845 g/mol. The van der Waals surface area contributed by atoms with Crippen LogP contribution in [0.1, 0.15) is 0 Å². The lowest BCUT2D eigenvalue weighted by Gasteiger charge is -2.12. The fourth-order valence-corrected chi connectivity index (χ4v) is 10.3. The molecule has 0 atom stereocenters. The predicted octanol–water partition coefficient (Wildman–Crippen LogP) is 16.8. The van der Waals surface area contributed by atoms with Crippen LogP contribution in [-0.2, 0) is 0 Å². The van der Waals surface area contributed by atoms with Gasteiger partial charge in [-0.2, -0.15) is 0 Å². The van der Waals surface area contributed by atoms with Gasteiger partial charge >= 0.3 is 0 Å². The minimum Gasteiger partial charge on any atom is -0.456 e. The van der Waals surface area contributed by atoms with Gasteiger partial charge in [-0.1, -0.05) is 170 Å². The highest BCUT2D eigenvalue weighted by Gasteiger charge is 2.22. The first-order chi connectivity index (χ1) is 34.2. The number of hydrogen-bond acceptors (Lipinski definition) is 5. The highest BCUT2D eigenvalue weighted by atomic mass is 16.3. The van der Waals surface area contributed by atoms with Crippen LogP contribution in [0.5, 0.6) is 0 Å². The summed E-state index contributed by atoms with van der Waals surface area (Å²) in [4.78, 5) is 15.8. The normalized spacial score (nSPS) is 11.8. The number of fused-ring (bicyclic) bond motifs is 9. The zero-order valence-corrected chi connectivity index (χ0v) is 37.0. The first kappa shape index (κ1) is 38.8. The molecule has 6 heteroatoms. The maximum absolute atomic E-state index is 6.70. The molecular formula is C63H38N4O2. The highest BCUT2D eigenvalue weighted by Crippen LogP contribution is 2.44. The molecule has 0 saturated carbocycles. The van der Waals surface area contributed by atoms with Crippen LogP contribution in [0, 0.1) is 0 Å². The van der Waals surface area contributed by atoms with E-state index in [4.69, 9.17) is 23.8 Å². The van der Waals surface area contributed by atoms with Crippen molar-refractivity contribution in [2.24, 2.45) is 0 Å². The van der Waals surface area contributed by atoms with Crippen LogP contribution < -0.4 is 0 Å². The molecule has 4 aromatic heterocycles. The van der Waals surface area contributed by atoms with Crippen molar-refractivity contribution in [2.45, 2.75) is 0 Å². The number of para-hydroxylation sites is 3. The summed E-state index contributed by atoms with van der Waals surface area (Å²) in [6.45, 7) is 0. The molecule has 10 aromatic carbocycles. The van der Waals surface area contributed by atoms with Crippen molar-refractivity contribution in [3.8, 4) is 73.2 Å². The molecule has 0 radical (unpaired) electrons. The first-order valence-electron chi connectivity index (χ1n) is 23.2. The Morgan fingerprint density at radius 2 is 0.768 bits per heavy atom. The second kappa shape index (κ2) is 15.6. The third kappa shape index (κ3) is 6.45. The maximum atomic E-state index is 6.70. The molecule has 14 aromatic rings. The third-order valence-corrected chi connectivity index (χ3v) is 13.4. The summed E-state index contributed by atoms with van der Waals surface area (Å²) in [5, 5.41) is 6.42. The number of aromatic nitrogens is 4. The Kier molecular flexibility index (Phi) is 8.79. The van der Waals surface area contributed by atoms with Gasteiger partial charge in [0.2, 0.25) is 0 Å². The van der Waals surface area contributed by atoms with Crippen molar-refractivity contribution in [1.82, 2.24) is 19.5 Å². The second-order valence-electron chi connectivity index (χ2n) is 17.5.